The Balaban J connectivity index is 1.56. The highest BCUT2D eigenvalue weighted by Gasteiger charge is 2.31. The Hall–Kier alpha value is -4.77. The summed E-state index contributed by atoms with van der Waals surface area (Å²) in [7, 11) is 0. The van der Waals surface area contributed by atoms with E-state index in [0.29, 0.717) is 35.6 Å². The van der Waals surface area contributed by atoms with Crippen molar-refractivity contribution in [2.75, 3.05) is 10.6 Å². The molecule has 0 aliphatic carbocycles. The quantitative estimate of drug-likeness (QED) is 0.220. The highest BCUT2D eigenvalue weighted by Crippen LogP contribution is 2.49. The third-order valence-electron chi connectivity index (χ3n) is 6.76. The Morgan fingerprint density at radius 3 is 2.58 bits per heavy atom. The fraction of sp³-hybridized carbons (Fsp3) is 0.167. The van der Waals surface area contributed by atoms with Gasteiger partial charge in [-0.3, -0.25) is 0 Å². The van der Waals surface area contributed by atoms with E-state index in [1.54, 1.807) is 22.4 Å². The number of anilines is 2. The van der Waals surface area contributed by atoms with E-state index in [9.17, 15) is 10.5 Å². The normalized spacial score (nSPS) is 12.2. The van der Waals surface area contributed by atoms with Gasteiger partial charge in [0, 0.05) is 26.4 Å². The highest BCUT2D eigenvalue weighted by atomic mass is 32.1. The molecule has 2 N–H and O–H groups in total. The second-order valence-electron chi connectivity index (χ2n) is 9.42. The number of aryl methyl sites for hydroxylation is 1. The van der Waals surface area contributed by atoms with E-state index < -0.39 is 0 Å². The molecule has 40 heavy (non-hydrogen) atoms. The van der Waals surface area contributed by atoms with Crippen LogP contribution in [0.4, 0.5) is 16.4 Å². The van der Waals surface area contributed by atoms with Crippen LogP contribution in [0.2, 0.25) is 0 Å². The van der Waals surface area contributed by atoms with E-state index in [4.69, 9.17) is 10.7 Å². The fourth-order valence-corrected chi connectivity index (χ4v) is 6.88. The molecule has 2 aromatic carbocycles. The summed E-state index contributed by atoms with van der Waals surface area (Å²) in [5.74, 6) is 0. The van der Waals surface area contributed by atoms with Crippen LogP contribution in [0, 0.1) is 22.7 Å². The molecule has 1 aliphatic rings. The van der Waals surface area contributed by atoms with Crippen molar-refractivity contribution in [1.82, 2.24) is 15.0 Å². The van der Waals surface area contributed by atoms with Crippen molar-refractivity contribution in [1.29, 1.82) is 10.5 Å². The number of aliphatic imine (C=N–C) groups is 1. The first-order chi connectivity index (χ1) is 19.6. The molecule has 0 atom stereocenters. The van der Waals surface area contributed by atoms with Gasteiger partial charge in [0.15, 0.2) is 0 Å². The maximum Gasteiger partial charge on any atom is 0.123 e. The SMILES string of the molecule is CCCc1cc2c(s1)N=CN(c1c(-c3cn(Cc4ccccc4)nn3)c(C#N)c(N)c(C#N)c1-c1cccs1)C2. The van der Waals surface area contributed by atoms with Crippen molar-refractivity contribution in [3.8, 4) is 33.8 Å². The van der Waals surface area contributed by atoms with E-state index in [1.165, 1.54) is 16.2 Å². The third-order valence-corrected chi connectivity index (χ3v) is 8.79. The van der Waals surface area contributed by atoms with E-state index in [0.717, 1.165) is 33.8 Å². The Bertz CT molecular complexity index is 1800. The minimum atomic E-state index is 0.139. The van der Waals surface area contributed by atoms with Crippen molar-refractivity contribution in [2.45, 2.75) is 32.9 Å². The number of nitriles is 2. The second-order valence-corrected chi connectivity index (χ2v) is 11.5. The number of rotatable bonds is 7. The minimum absolute atomic E-state index is 0.139. The molecule has 3 aromatic heterocycles. The van der Waals surface area contributed by atoms with Crippen LogP contribution in [0.25, 0.3) is 21.7 Å². The van der Waals surface area contributed by atoms with Gasteiger partial charge in [0.2, 0.25) is 0 Å². The molecule has 4 heterocycles. The van der Waals surface area contributed by atoms with Crippen LogP contribution in [0.3, 0.4) is 0 Å². The molecular formula is C30H24N8S2. The zero-order chi connectivity index (χ0) is 27.6. The number of hydrogen-bond donors (Lipinski definition) is 1. The summed E-state index contributed by atoms with van der Waals surface area (Å²) >= 11 is 3.22. The Morgan fingerprint density at radius 1 is 1.05 bits per heavy atom. The maximum absolute atomic E-state index is 10.3. The lowest BCUT2D eigenvalue weighted by Gasteiger charge is -2.29. The molecule has 6 rings (SSSR count). The van der Waals surface area contributed by atoms with Gasteiger partial charge in [-0.2, -0.15) is 10.5 Å². The summed E-state index contributed by atoms with van der Waals surface area (Å²) < 4.78 is 1.74. The van der Waals surface area contributed by atoms with Crippen LogP contribution in [-0.2, 0) is 19.5 Å². The van der Waals surface area contributed by atoms with Gasteiger partial charge in [0.05, 0.1) is 48.1 Å². The first-order valence-corrected chi connectivity index (χ1v) is 14.5. The van der Waals surface area contributed by atoms with Crippen molar-refractivity contribution < 1.29 is 0 Å². The van der Waals surface area contributed by atoms with E-state index >= 15 is 0 Å². The van der Waals surface area contributed by atoms with Crippen LogP contribution in [0.5, 0.6) is 0 Å². The number of nitrogens with zero attached hydrogens (tertiary/aromatic N) is 7. The van der Waals surface area contributed by atoms with Crippen LogP contribution >= 0.6 is 22.7 Å². The molecule has 0 radical (unpaired) electrons. The predicted octanol–water partition coefficient (Wildman–Crippen LogP) is 6.74. The molecule has 0 fully saturated rings. The molecule has 0 amide bonds. The summed E-state index contributed by atoms with van der Waals surface area (Å²) in [4.78, 5) is 8.96. The largest absolute Gasteiger partial charge is 0.397 e. The van der Waals surface area contributed by atoms with Gasteiger partial charge in [-0.1, -0.05) is 55.0 Å². The Kier molecular flexibility index (Phi) is 6.87. The van der Waals surface area contributed by atoms with E-state index in [-0.39, 0.29) is 16.8 Å². The van der Waals surface area contributed by atoms with Crippen molar-refractivity contribution in [3.05, 3.63) is 87.2 Å². The lowest BCUT2D eigenvalue weighted by Crippen LogP contribution is -2.25. The lowest BCUT2D eigenvalue weighted by molar-refractivity contribution is 0.650. The second kappa shape index (κ2) is 10.8. The summed E-state index contributed by atoms with van der Waals surface area (Å²) in [6.45, 7) is 3.24. The summed E-state index contributed by atoms with van der Waals surface area (Å²) in [5.41, 5.74) is 11.7. The molecule has 0 unspecified atom stereocenters. The molecule has 0 saturated heterocycles. The molecular weight excluding hydrogens is 537 g/mol. The average molecular weight is 561 g/mol. The molecule has 196 valence electrons. The summed E-state index contributed by atoms with van der Waals surface area (Å²) in [5, 5.41) is 32.4. The fourth-order valence-electron chi connectivity index (χ4n) is 5.00. The Labute approximate surface area is 239 Å². The van der Waals surface area contributed by atoms with Gasteiger partial charge in [-0.15, -0.1) is 27.8 Å². The van der Waals surface area contributed by atoms with Crippen LogP contribution in [0.1, 0.15) is 40.5 Å². The predicted molar refractivity (Wildman–Crippen MR) is 161 cm³/mol. The van der Waals surface area contributed by atoms with Crippen molar-refractivity contribution in [3.63, 3.8) is 0 Å². The average Bonchev–Trinajstić information content (AvgIpc) is 3.74. The Morgan fingerprint density at radius 2 is 1.85 bits per heavy atom. The number of hydrogen-bond acceptors (Lipinski definition) is 9. The van der Waals surface area contributed by atoms with Gasteiger partial charge >= 0.3 is 0 Å². The highest BCUT2D eigenvalue weighted by molar-refractivity contribution is 7.16. The first-order valence-electron chi connectivity index (χ1n) is 12.8. The topological polar surface area (TPSA) is 120 Å². The van der Waals surface area contributed by atoms with Gasteiger partial charge in [0.1, 0.15) is 22.8 Å². The maximum atomic E-state index is 10.3. The van der Waals surface area contributed by atoms with E-state index in [1.807, 2.05) is 58.9 Å². The smallest absolute Gasteiger partial charge is 0.123 e. The molecule has 8 nitrogen and oxygen atoms in total. The standard InChI is InChI=1S/C30H24N8S2/c1-2-7-21-12-20-16-37(18-34-30(20)40-21)29-26(24-17-38(36-35-24)15-19-8-4-3-5-9-19)22(13-31)28(33)23(14-32)27(29)25-10-6-11-39-25/h3-6,8-12,17-18H,2,7,15-16,33H2,1H3. The van der Waals surface area contributed by atoms with Gasteiger partial charge in [0.25, 0.3) is 0 Å². The minimum Gasteiger partial charge on any atom is -0.397 e. The number of nitrogens with two attached hydrogens (primary N) is 1. The molecule has 0 saturated carbocycles. The number of fused-ring (bicyclic) bond motifs is 1. The van der Waals surface area contributed by atoms with Gasteiger partial charge < -0.3 is 10.6 Å². The van der Waals surface area contributed by atoms with Gasteiger partial charge in [-0.05, 0) is 29.5 Å². The summed E-state index contributed by atoms with van der Waals surface area (Å²) in [6, 6.07) is 20.6. The number of aromatic nitrogens is 3. The van der Waals surface area contributed by atoms with E-state index in [2.05, 4.69) is 35.4 Å². The molecule has 0 bridgehead atoms. The van der Waals surface area contributed by atoms with Crippen LogP contribution < -0.4 is 10.6 Å². The number of benzene rings is 2. The van der Waals surface area contributed by atoms with Crippen molar-refractivity contribution >= 4 is 45.4 Å². The van der Waals surface area contributed by atoms with Gasteiger partial charge in [-0.25, -0.2) is 9.67 Å². The zero-order valence-electron chi connectivity index (χ0n) is 21.7. The number of nitrogen functional groups attached to an aromatic ring is 1. The lowest BCUT2D eigenvalue weighted by atomic mass is 9.90. The molecule has 5 aromatic rings. The molecule has 1 aliphatic heterocycles. The zero-order valence-corrected chi connectivity index (χ0v) is 23.3. The molecule has 10 heteroatoms. The monoisotopic (exact) mass is 560 g/mol. The third kappa shape index (κ3) is 4.54. The first kappa shape index (κ1) is 25.5. The molecule has 0 spiro atoms. The number of thiophene rings is 2. The van der Waals surface area contributed by atoms with Crippen molar-refractivity contribution in [2.24, 2.45) is 4.99 Å². The van der Waals surface area contributed by atoms with Crippen LogP contribution in [-0.4, -0.2) is 21.3 Å². The summed E-state index contributed by atoms with van der Waals surface area (Å²) in [6.07, 6.45) is 5.68. The van der Waals surface area contributed by atoms with Crippen LogP contribution in [0.15, 0.2) is 65.1 Å².